The number of aryl methyl sites for hydroxylation is 1. The molecule has 4 rings (SSSR count). The molecule has 124 valence electrons. The van der Waals surface area contributed by atoms with Crippen molar-refractivity contribution in [2.45, 2.75) is 25.7 Å². The van der Waals surface area contributed by atoms with Gasteiger partial charge in [-0.1, -0.05) is 12.1 Å². The second-order valence-corrected chi connectivity index (χ2v) is 7.90. The van der Waals surface area contributed by atoms with Crippen molar-refractivity contribution in [3.8, 4) is 0 Å². The van der Waals surface area contributed by atoms with Crippen molar-refractivity contribution in [2.24, 2.45) is 5.92 Å². The highest BCUT2D eigenvalue weighted by Crippen LogP contribution is 2.51. The van der Waals surface area contributed by atoms with Crippen LogP contribution in [0.1, 0.15) is 28.5 Å². The van der Waals surface area contributed by atoms with Crippen molar-refractivity contribution in [1.82, 2.24) is 0 Å². The van der Waals surface area contributed by atoms with Gasteiger partial charge in [-0.25, -0.2) is 0 Å². The van der Waals surface area contributed by atoms with Crippen LogP contribution in [0.5, 0.6) is 0 Å². The van der Waals surface area contributed by atoms with Gasteiger partial charge in [0.05, 0.1) is 11.4 Å². The Morgan fingerprint density at radius 3 is 2.62 bits per heavy atom. The maximum atomic E-state index is 13.1. The van der Waals surface area contributed by atoms with Crippen LogP contribution in [0.15, 0.2) is 36.4 Å². The summed E-state index contributed by atoms with van der Waals surface area (Å²) in [6.07, 6.45) is 1.29. The lowest BCUT2D eigenvalue weighted by atomic mass is 10.2. The van der Waals surface area contributed by atoms with E-state index in [1.807, 2.05) is 29.2 Å². The topological polar surface area (TPSA) is 40.6 Å². The summed E-state index contributed by atoms with van der Waals surface area (Å²) >= 11 is 1.78. The van der Waals surface area contributed by atoms with Crippen molar-refractivity contribution in [3.63, 3.8) is 0 Å². The van der Waals surface area contributed by atoms with Gasteiger partial charge in [0.15, 0.2) is 0 Å². The molecule has 1 saturated carbocycles. The number of hydrogen-bond acceptors (Lipinski definition) is 3. The summed E-state index contributed by atoms with van der Waals surface area (Å²) in [5, 5.41) is 0. The highest BCUT2D eigenvalue weighted by molar-refractivity contribution is 7.12. The van der Waals surface area contributed by atoms with Gasteiger partial charge in [-0.3, -0.25) is 9.59 Å². The smallest absolute Gasteiger partial charge is 0.230 e. The lowest BCUT2D eigenvalue weighted by Gasteiger charge is -2.23. The molecule has 0 N–H and O–H groups in total. The predicted molar refractivity (Wildman–Crippen MR) is 96.7 cm³/mol. The van der Waals surface area contributed by atoms with Crippen LogP contribution in [-0.4, -0.2) is 25.4 Å². The summed E-state index contributed by atoms with van der Waals surface area (Å²) in [5.74, 6) is 0.607. The fourth-order valence-electron chi connectivity index (χ4n) is 3.47. The van der Waals surface area contributed by atoms with E-state index in [0.717, 1.165) is 17.8 Å². The van der Waals surface area contributed by atoms with E-state index in [4.69, 9.17) is 0 Å². The van der Waals surface area contributed by atoms with Crippen LogP contribution in [-0.2, 0) is 9.59 Å². The van der Waals surface area contributed by atoms with E-state index in [-0.39, 0.29) is 17.7 Å². The van der Waals surface area contributed by atoms with Crippen LogP contribution in [0.4, 0.5) is 11.4 Å². The van der Waals surface area contributed by atoms with E-state index < -0.39 is 0 Å². The van der Waals surface area contributed by atoms with E-state index in [0.29, 0.717) is 18.9 Å². The summed E-state index contributed by atoms with van der Waals surface area (Å²) in [7, 11) is 1.78. The summed E-state index contributed by atoms with van der Waals surface area (Å²) in [5.41, 5.74) is 1.67. The number of anilines is 2. The van der Waals surface area contributed by atoms with Gasteiger partial charge in [0, 0.05) is 41.6 Å². The zero-order valence-electron chi connectivity index (χ0n) is 13.9. The number of nitrogens with zero attached hydrogens (tertiary/aromatic N) is 2. The molecule has 2 heterocycles. The van der Waals surface area contributed by atoms with Gasteiger partial charge in [-0.05, 0) is 37.6 Å². The minimum atomic E-state index is 0.0506. The third-order valence-electron chi connectivity index (χ3n) is 4.96. The van der Waals surface area contributed by atoms with Gasteiger partial charge in [-0.15, -0.1) is 11.3 Å². The first kappa shape index (κ1) is 15.4. The molecule has 0 radical (unpaired) electrons. The van der Waals surface area contributed by atoms with Crippen molar-refractivity contribution >= 4 is 34.5 Å². The molecule has 2 amide bonds. The Hall–Kier alpha value is -2.14. The number of hydrogen-bond donors (Lipinski definition) is 0. The largest absolute Gasteiger partial charge is 0.313 e. The summed E-state index contributed by atoms with van der Waals surface area (Å²) in [6.45, 7) is 2.56. The molecule has 5 heteroatoms. The predicted octanol–water partition coefficient (Wildman–Crippen LogP) is 3.56. The quantitative estimate of drug-likeness (QED) is 0.839. The normalized spacial score (nSPS) is 23.0. The van der Waals surface area contributed by atoms with E-state index in [2.05, 4.69) is 19.1 Å². The standard InChI is InChI=1S/C19H20N2O2S/c1-12-7-8-17(24-12)13-11-14(13)19(23)21-10-9-18(22)20(2)15-5-3-4-6-16(15)21/h3-8,13-14H,9-11H2,1-2H3/t13-,14-/m1/s1. The molecule has 1 aromatic heterocycles. The Labute approximate surface area is 145 Å². The Bertz CT molecular complexity index is 813. The third-order valence-corrected chi connectivity index (χ3v) is 6.09. The average molecular weight is 340 g/mol. The second kappa shape index (κ2) is 5.74. The zero-order chi connectivity index (χ0) is 16.8. The molecule has 1 fully saturated rings. The van der Waals surface area contributed by atoms with E-state index in [1.54, 1.807) is 23.3 Å². The fourth-order valence-corrected chi connectivity index (χ4v) is 4.53. The van der Waals surface area contributed by atoms with E-state index in [1.165, 1.54) is 9.75 Å². The molecule has 4 nitrogen and oxygen atoms in total. The van der Waals surface area contributed by atoms with Crippen LogP contribution in [0.25, 0.3) is 0 Å². The first-order valence-corrected chi connectivity index (χ1v) is 9.11. The highest BCUT2D eigenvalue weighted by Gasteiger charge is 2.47. The van der Waals surface area contributed by atoms with Crippen molar-refractivity contribution in [1.29, 1.82) is 0 Å². The van der Waals surface area contributed by atoms with Crippen LogP contribution < -0.4 is 9.80 Å². The van der Waals surface area contributed by atoms with Crippen LogP contribution in [0.3, 0.4) is 0 Å². The maximum Gasteiger partial charge on any atom is 0.230 e. The van der Waals surface area contributed by atoms with Gasteiger partial charge < -0.3 is 9.80 Å². The second-order valence-electron chi connectivity index (χ2n) is 6.58. The Balaban J connectivity index is 1.61. The molecule has 1 aliphatic carbocycles. The highest BCUT2D eigenvalue weighted by atomic mass is 32.1. The molecule has 2 aromatic rings. The number of carbonyl (C=O) groups excluding carboxylic acids is 2. The minimum absolute atomic E-state index is 0.0506. The SMILES string of the molecule is Cc1ccc([C@@H]2C[C@H]2C(=O)N2CCC(=O)N(C)c3ccccc32)s1. The van der Waals surface area contributed by atoms with Crippen molar-refractivity contribution in [3.05, 3.63) is 46.2 Å². The molecular weight excluding hydrogens is 320 g/mol. The lowest BCUT2D eigenvalue weighted by Crippen LogP contribution is -2.33. The van der Waals surface area contributed by atoms with E-state index >= 15 is 0 Å². The van der Waals surface area contributed by atoms with Crippen molar-refractivity contribution in [2.75, 3.05) is 23.4 Å². The summed E-state index contributed by atoms with van der Waals surface area (Å²) < 4.78 is 0. The lowest BCUT2D eigenvalue weighted by molar-refractivity contribution is -0.120. The number of benzene rings is 1. The third kappa shape index (κ3) is 2.53. The molecule has 1 aromatic carbocycles. The van der Waals surface area contributed by atoms with Crippen LogP contribution in [0, 0.1) is 12.8 Å². The van der Waals surface area contributed by atoms with Crippen LogP contribution in [0.2, 0.25) is 0 Å². The van der Waals surface area contributed by atoms with Gasteiger partial charge in [0.1, 0.15) is 0 Å². The molecule has 0 unspecified atom stereocenters. The number of carbonyl (C=O) groups is 2. The zero-order valence-corrected chi connectivity index (χ0v) is 14.7. The Morgan fingerprint density at radius 1 is 1.17 bits per heavy atom. The van der Waals surface area contributed by atoms with Crippen molar-refractivity contribution < 1.29 is 9.59 Å². The maximum absolute atomic E-state index is 13.1. The fraction of sp³-hybridized carbons (Fsp3) is 0.368. The van der Waals surface area contributed by atoms with Gasteiger partial charge in [-0.2, -0.15) is 0 Å². The number of para-hydroxylation sites is 2. The van der Waals surface area contributed by atoms with Gasteiger partial charge >= 0.3 is 0 Å². The molecule has 0 bridgehead atoms. The molecule has 0 spiro atoms. The molecule has 0 saturated heterocycles. The first-order valence-electron chi connectivity index (χ1n) is 8.29. The molecular formula is C19H20N2O2S. The number of rotatable bonds is 2. The molecule has 2 aliphatic rings. The van der Waals surface area contributed by atoms with Gasteiger partial charge in [0.2, 0.25) is 11.8 Å². The minimum Gasteiger partial charge on any atom is -0.313 e. The molecule has 2 atom stereocenters. The Morgan fingerprint density at radius 2 is 1.92 bits per heavy atom. The number of thiophene rings is 1. The number of fused-ring (bicyclic) bond motifs is 1. The molecule has 1 aliphatic heterocycles. The number of amides is 2. The summed E-state index contributed by atoms with van der Waals surface area (Å²) in [4.78, 5) is 31.4. The average Bonchev–Trinajstić information content (AvgIpc) is 3.30. The summed E-state index contributed by atoms with van der Waals surface area (Å²) in [6, 6.07) is 11.9. The van der Waals surface area contributed by atoms with Gasteiger partial charge in [0.25, 0.3) is 0 Å². The van der Waals surface area contributed by atoms with E-state index in [9.17, 15) is 9.59 Å². The van der Waals surface area contributed by atoms with Crippen LogP contribution >= 0.6 is 11.3 Å². The Kier molecular flexibility index (Phi) is 3.68. The first-order chi connectivity index (χ1) is 11.6. The monoisotopic (exact) mass is 340 g/mol. The molecule has 24 heavy (non-hydrogen) atoms.